The van der Waals surface area contributed by atoms with E-state index in [4.69, 9.17) is 9.47 Å². The van der Waals surface area contributed by atoms with Gasteiger partial charge in [0.25, 0.3) is 0 Å². The minimum absolute atomic E-state index is 0. The van der Waals surface area contributed by atoms with Gasteiger partial charge in [-0.05, 0) is 12.0 Å². The molecule has 0 radical (unpaired) electrons. The Morgan fingerprint density at radius 2 is 2.04 bits per heavy atom. The van der Waals surface area contributed by atoms with E-state index in [0.717, 1.165) is 63.2 Å². The van der Waals surface area contributed by atoms with Crippen molar-refractivity contribution in [2.45, 2.75) is 13.5 Å². The third-order valence-corrected chi connectivity index (χ3v) is 4.46. The van der Waals surface area contributed by atoms with Crippen LogP contribution in [0.25, 0.3) is 0 Å². The Hall–Kier alpha value is -1.06. The average molecular weight is 476 g/mol. The largest absolute Gasteiger partial charge is 0.496 e. The molecule has 26 heavy (non-hydrogen) atoms. The van der Waals surface area contributed by atoms with Crippen LogP contribution in [0.2, 0.25) is 0 Å². The number of hydrogen-bond acceptors (Lipinski definition) is 4. The van der Waals surface area contributed by atoms with Crippen LogP contribution in [0.3, 0.4) is 0 Å². The molecule has 1 aromatic carbocycles. The first-order chi connectivity index (χ1) is 12.1. The van der Waals surface area contributed by atoms with Gasteiger partial charge in [0.2, 0.25) is 0 Å². The molecule has 0 aromatic heterocycles. The van der Waals surface area contributed by atoms with Gasteiger partial charge in [-0.15, -0.1) is 24.0 Å². The summed E-state index contributed by atoms with van der Waals surface area (Å²) in [6.07, 6.45) is 0. The summed E-state index contributed by atoms with van der Waals surface area (Å²) in [4.78, 5) is 9.01. The van der Waals surface area contributed by atoms with Gasteiger partial charge >= 0.3 is 0 Å². The number of nitrogens with one attached hydrogen (secondary N) is 1. The number of halogens is 1. The van der Waals surface area contributed by atoms with Crippen molar-refractivity contribution in [3.8, 4) is 5.75 Å². The fourth-order valence-electron chi connectivity index (χ4n) is 3.10. The van der Waals surface area contributed by atoms with Crippen LogP contribution >= 0.6 is 24.0 Å². The normalized spacial score (nSPS) is 16.5. The van der Waals surface area contributed by atoms with Crippen LogP contribution in [-0.2, 0) is 11.3 Å². The van der Waals surface area contributed by atoms with Crippen LogP contribution in [0.4, 0.5) is 0 Å². The minimum atomic E-state index is 0. The van der Waals surface area contributed by atoms with Crippen LogP contribution in [0, 0.1) is 5.92 Å². The lowest BCUT2D eigenvalue weighted by atomic mass is 10.1. The van der Waals surface area contributed by atoms with Crippen molar-refractivity contribution in [2.24, 2.45) is 10.9 Å². The van der Waals surface area contributed by atoms with Crippen molar-refractivity contribution in [3.05, 3.63) is 29.8 Å². The molecular weight excluding hydrogens is 443 g/mol. The van der Waals surface area contributed by atoms with Gasteiger partial charge in [-0.25, -0.2) is 0 Å². The molecule has 1 saturated heterocycles. The number of hydrogen-bond donors (Lipinski definition) is 1. The molecule has 0 amide bonds. The lowest BCUT2D eigenvalue weighted by molar-refractivity contribution is 0.0320. The van der Waals surface area contributed by atoms with E-state index in [9.17, 15) is 0 Å². The molecule has 1 aliphatic heterocycles. The number of methoxy groups -OCH3 is 1. The number of guanidine groups is 1. The molecule has 0 aliphatic carbocycles. The molecule has 1 aliphatic rings. The Labute approximate surface area is 175 Å². The van der Waals surface area contributed by atoms with Gasteiger partial charge in [0.15, 0.2) is 5.96 Å². The van der Waals surface area contributed by atoms with Crippen molar-refractivity contribution in [3.63, 3.8) is 0 Å². The first kappa shape index (κ1) is 23.0. The van der Waals surface area contributed by atoms with Gasteiger partial charge in [0, 0.05) is 52.4 Å². The number of benzene rings is 1. The van der Waals surface area contributed by atoms with Crippen molar-refractivity contribution in [2.75, 3.05) is 60.6 Å². The molecule has 0 saturated carbocycles. The predicted molar refractivity (Wildman–Crippen MR) is 118 cm³/mol. The number of nitrogens with zero attached hydrogens (tertiary/aromatic N) is 3. The fourth-order valence-corrected chi connectivity index (χ4v) is 3.10. The van der Waals surface area contributed by atoms with E-state index >= 15 is 0 Å². The predicted octanol–water partition coefficient (Wildman–Crippen LogP) is 2.29. The van der Waals surface area contributed by atoms with Crippen molar-refractivity contribution in [1.29, 1.82) is 0 Å². The summed E-state index contributed by atoms with van der Waals surface area (Å²) in [5.74, 6) is 2.36. The molecular formula is C19H33IN4O2. The first-order valence-electron chi connectivity index (χ1n) is 8.97. The van der Waals surface area contributed by atoms with E-state index < -0.39 is 0 Å². The summed E-state index contributed by atoms with van der Waals surface area (Å²) >= 11 is 0. The van der Waals surface area contributed by atoms with E-state index in [-0.39, 0.29) is 24.0 Å². The first-order valence-corrected chi connectivity index (χ1v) is 8.97. The lowest BCUT2D eigenvalue weighted by Crippen LogP contribution is -2.44. The Bertz CT molecular complexity index is 550. The van der Waals surface area contributed by atoms with E-state index in [1.54, 1.807) is 7.11 Å². The number of morpholine rings is 1. The third-order valence-electron chi connectivity index (χ3n) is 4.46. The van der Waals surface area contributed by atoms with Crippen molar-refractivity contribution < 1.29 is 9.47 Å². The van der Waals surface area contributed by atoms with Crippen LogP contribution in [0.1, 0.15) is 12.5 Å². The second-order valence-corrected chi connectivity index (χ2v) is 6.61. The molecule has 0 spiro atoms. The van der Waals surface area contributed by atoms with Gasteiger partial charge in [0.1, 0.15) is 5.75 Å². The zero-order valence-corrected chi connectivity index (χ0v) is 18.7. The molecule has 148 valence electrons. The quantitative estimate of drug-likeness (QED) is 0.372. The highest BCUT2D eigenvalue weighted by Crippen LogP contribution is 2.18. The summed E-state index contributed by atoms with van der Waals surface area (Å²) in [5, 5.41) is 3.49. The zero-order valence-electron chi connectivity index (χ0n) is 16.4. The molecule has 1 N–H and O–H groups in total. The Morgan fingerprint density at radius 3 is 2.69 bits per heavy atom. The van der Waals surface area contributed by atoms with Crippen LogP contribution in [0.15, 0.2) is 29.3 Å². The topological polar surface area (TPSA) is 49.3 Å². The molecule has 7 heteroatoms. The van der Waals surface area contributed by atoms with Crippen molar-refractivity contribution >= 4 is 29.9 Å². The lowest BCUT2D eigenvalue weighted by Gasteiger charge is -2.30. The molecule has 1 fully saturated rings. The number of ether oxygens (including phenoxy) is 2. The van der Waals surface area contributed by atoms with Crippen LogP contribution in [0.5, 0.6) is 5.75 Å². The summed E-state index contributed by atoms with van der Waals surface area (Å²) in [5.41, 5.74) is 1.15. The van der Waals surface area contributed by atoms with Crippen LogP contribution in [-0.4, -0.2) is 76.4 Å². The molecule has 1 aromatic rings. The third kappa shape index (κ3) is 7.28. The average Bonchev–Trinajstić information content (AvgIpc) is 2.63. The number of para-hydroxylation sites is 1. The molecule has 1 heterocycles. The smallest absolute Gasteiger partial charge is 0.193 e. The Kier molecular flexibility index (Phi) is 10.9. The number of rotatable bonds is 7. The highest BCUT2D eigenvalue weighted by atomic mass is 127. The van der Waals surface area contributed by atoms with Gasteiger partial charge in [-0.3, -0.25) is 9.89 Å². The Morgan fingerprint density at radius 1 is 1.35 bits per heavy atom. The number of aliphatic imine (C=N–C) groups is 1. The standard InChI is InChI=1S/C19H32N4O2.HI/c1-16(14-23-9-11-25-12-10-23)13-21-19(20-2)22(3)15-17-7-5-6-8-18(17)24-4;/h5-8,16H,9-15H2,1-4H3,(H,20,21);1H. The van der Waals surface area contributed by atoms with Crippen molar-refractivity contribution in [1.82, 2.24) is 15.1 Å². The van der Waals surface area contributed by atoms with Crippen LogP contribution < -0.4 is 10.1 Å². The highest BCUT2D eigenvalue weighted by Gasteiger charge is 2.15. The van der Waals surface area contributed by atoms with E-state index in [1.807, 2.05) is 25.2 Å². The molecule has 6 nitrogen and oxygen atoms in total. The fraction of sp³-hybridized carbons (Fsp3) is 0.632. The van der Waals surface area contributed by atoms with E-state index in [2.05, 4.69) is 40.1 Å². The molecule has 1 unspecified atom stereocenters. The van der Waals surface area contributed by atoms with Gasteiger partial charge in [-0.1, -0.05) is 25.1 Å². The summed E-state index contributed by atoms with van der Waals surface area (Å²) in [7, 11) is 5.58. The highest BCUT2D eigenvalue weighted by molar-refractivity contribution is 14.0. The SMILES string of the molecule is CN=C(NCC(C)CN1CCOCC1)N(C)Cc1ccccc1OC.I. The summed E-state index contributed by atoms with van der Waals surface area (Å²) < 4.78 is 10.9. The maximum Gasteiger partial charge on any atom is 0.193 e. The Balaban J connectivity index is 0.00000338. The summed E-state index contributed by atoms with van der Waals surface area (Å²) in [6.45, 7) is 8.79. The summed E-state index contributed by atoms with van der Waals surface area (Å²) in [6, 6.07) is 8.10. The maximum absolute atomic E-state index is 5.44. The van der Waals surface area contributed by atoms with E-state index in [1.165, 1.54) is 0 Å². The van der Waals surface area contributed by atoms with Gasteiger partial charge in [-0.2, -0.15) is 0 Å². The minimum Gasteiger partial charge on any atom is -0.496 e. The molecule has 1 atom stereocenters. The molecule has 2 rings (SSSR count). The second kappa shape index (κ2) is 12.3. The van der Waals surface area contributed by atoms with E-state index in [0.29, 0.717) is 5.92 Å². The van der Waals surface area contributed by atoms with Gasteiger partial charge < -0.3 is 19.7 Å². The zero-order chi connectivity index (χ0) is 18.1. The maximum atomic E-state index is 5.44. The molecule has 0 bridgehead atoms. The monoisotopic (exact) mass is 476 g/mol. The van der Waals surface area contributed by atoms with Gasteiger partial charge in [0.05, 0.1) is 20.3 Å². The second-order valence-electron chi connectivity index (χ2n) is 6.61.